The van der Waals surface area contributed by atoms with Gasteiger partial charge in [-0.1, -0.05) is 17.7 Å². The maximum atomic E-state index is 6.03. The van der Waals surface area contributed by atoms with Gasteiger partial charge < -0.3 is 9.31 Å². The molecule has 0 N–H and O–H groups in total. The van der Waals surface area contributed by atoms with E-state index in [1.807, 2.05) is 39.8 Å². The third-order valence-electron chi connectivity index (χ3n) is 3.82. The molecule has 1 aromatic rings. The van der Waals surface area contributed by atoms with Gasteiger partial charge in [0.15, 0.2) is 0 Å². The highest BCUT2D eigenvalue weighted by atomic mass is 35.5. The zero-order chi connectivity index (χ0) is 15.0. The third kappa shape index (κ3) is 3.22. The second-order valence-electron chi connectivity index (χ2n) is 5.90. The Kier molecular flexibility index (Phi) is 4.55. The Morgan fingerprint density at radius 2 is 1.90 bits per heavy atom. The van der Waals surface area contributed by atoms with Crippen molar-refractivity contribution in [2.75, 3.05) is 5.75 Å². The van der Waals surface area contributed by atoms with Crippen molar-refractivity contribution in [1.29, 1.82) is 0 Å². The van der Waals surface area contributed by atoms with Gasteiger partial charge in [-0.2, -0.15) is 12.6 Å². The molecular weight excluding hydrogens is 292 g/mol. The molecule has 1 aliphatic heterocycles. The first-order valence-corrected chi connectivity index (χ1v) is 7.54. The SMILES string of the molecule is CC1(C)OB(C(=Cc2cncc(Cl)c2)CS)OC1(C)C. The minimum absolute atomic E-state index is 0.355. The molecule has 0 atom stereocenters. The van der Waals surface area contributed by atoms with Crippen molar-refractivity contribution in [1.82, 2.24) is 4.98 Å². The molecule has 0 aromatic carbocycles. The van der Waals surface area contributed by atoms with Crippen LogP contribution in [0.2, 0.25) is 5.02 Å². The number of hydrogen-bond acceptors (Lipinski definition) is 4. The fourth-order valence-electron chi connectivity index (χ4n) is 1.90. The molecule has 0 radical (unpaired) electrons. The third-order valence-corrected chi connectivity index (χ3v) is 4.39. The van der Waals surface area contributed by atoms with Crippen LogP contribution in [0.4, 0.5) is 0 Å². The van der Waals surface area contributed by atoms with Crippen LogP contribution in [0, 0.1) is 0 Å². The highest BCUT2D eigenvalue weighted by Crippen LogP contribution is 2.39. The molecule has 0 aliphatic carbocycles. The first kappa shape index (κ1) is 15.9. The van der Waals surface area contributed by atoms with Gasteiger partial charge in [0.1, 0.15) is 0 Å². The minimum atomic E-state index is -0.392. The molecule has 6 heteroatoms. The summed E-state index contributed by atoms with van der Waals surface area (Å²) in [6.07, 6.45) is 5.32. The van der Waals surface area contributed by atoms with Crippen molar-refractivity contribution in [3.8, 4) is 0 Å². The van der Waals surface area contributed by atoms with Crippen LogP contribution in [-0.4, -0.2) is 29.1 Å². The van der Waals surface area contributed by atoms with Gasteiger partial charge in [0.2, 0.25) is 0 Å². The zero-order valence-electron chi connectivity index (χ0n) is 12.2. The molecule has 20 heavy (non-hydrogen) atoms. The summed E-state index contributed by atoms with van der Waals surface area (Å²) in [4.78, 5) is 4.07. The lowest BCUT2D eigenvalue weighted by Crippen LogP contribution is -2.41. The summed E-state index contributed by atoms with van der Waals surface area (Å²) in [5.74, 6) is 0.545. The average Bonchev–Trinajstić information content (AvgIpc) is 2.55. The van der Waals surface area contributed by atoms with Crippen LogP contribution in [0.1, 0.15) is 33.3 Å². The Morgan fingerprint density at radius 3 is 2.40 bits per heavy atom. The fraction of sp³-hybridized carbons (Fsp3) is 0.500. The number of thiol groups is 1. The van der Waals surface area contributed by atoms with Gasteiger partial charge in [0.25, 0.3) is 0 Å². The van der Waals surface area contributed by atoms with Crippen molar-refractivity contribution >= 4 is 37.4 Å². The lowest BCUT2D eigenvalue weighted by Gasteiger charge is -2.32. The molecule has 108 valence electrons. The highest BCUT2D eigenvalue weighted by Gasteiger charge is 2.52. The number of halogens is 1. The normalized spacial score (nSPS) is 21.3. The van der Waals surface area contributed by atoms with E-state index in [1.165, 1.54) is 0 Å². The summed E-state index contributed by atoms with van der Waals surface area (Å²) >= 11 is 10.3. The molecule has 2 heterocycles. The molecule has 1 fully saturated rings. The first-order valence-electron chi connectivity index (χ1n) is 6.53. The van der Waals surface area contributed by atoms with Crippen LogP contribution >= 0.6 is 24.2 Å². The second kappa shape index (κ2) is 5.72. The van der Waals surface area contributed by atoms with E-state index in [1.54, 1.807) is 12.4 Å². The number of nitrogens with zero attached hydrogens (tertiary/aromatic N) is 1. The molecule has 1 aromatic heterocycles. The van der Waals surface area contributed by atoms with Gasteiger partial charge in [0, 0.05) is 18.1 Å². The van der Waals surface area contributed by atoms with Crippen molar-refractivity contribution in [2.24, 2.45) is 0 Å². The number of aromatic nitrogens is 1. The molecule has 1 aliphatic rings. The van der Waals surface area contributed by atoms with Crippen LogP contribution in [0.3, 0.4) is 0 Å². The minimum Gasteiger partial charge on any atom is -0.400 e. The van der Waals surface area contributed by atoms with Crippen molar-refractivity contribution in [2.45, 2.75) is 38.9 Å². The van der Waals surface area contributed by atoms with E-state index in [0.717, 1.165) is 11.0 Å². The molecular formula is C14H19BClNO2S. The summed E-state index contributed by atoms with van der Waals surface area (Å²) in [5.41, 5.74) is 1.16. The summed E-state index contributed by atoms with van der Waals surface area (Å²) in [7, 11) is -0.392. The number of pyridine rings is 1. The molecule has 0 saturated carbocycles. The predicted octanol–water partition coefficient (Wildman–Crippen LogP) is 3.68. The van der Waals surface area contributed by atoms with Crippen molar-refractivity contribution in [3.05, 3.63) is 34.5 Å². The number of hydrogen-bond donors (Lipinski definition) is 1. The largest absolute Gasteiger partial charge is 0.491 e. The molecule has 0 spiro atoms. The van der Waals surface area contributed by atoms with Gasteiger partial charge >= 0.3 is 7.12 Å². The Morgan fingerprint density at radius 1 is 1.30 bits per heavy atom. The van der Waals surface area contributed by atoms with Crippen LogP contribution in [0.5, 0.6) is 0 Å². The quantitative estimate of drug-likeness (QED) is 0.682. The van der Waals surface area contributed by atoms with E-state index >= 15 is 0 Å². The number of rotatable bonds is 3. The van der Waals surface area contributed by atoms with Gasteiger partial charge in [-0.05, 0) is 44.8 Å². The molecule has 0 bridgehead atoms. The lowest BCUT2D eigenvalue weighted by atomic mass is 9.78. The van der Waals surface area contributed by atoms with Crippen LogP contribution in [-0.2, 0) is 9.31 Å². The summed E-state index contributed by atoms with van der Waals surface area (Å²) in [5, 5.41) is 0.603. The van der Waals surface area contributed by atoms with Gasteiger partial charge in [0.05, 0.1) is 16.2 Å². The summed E-state index contributed by atoms with van der Waals surface area (Å²) in [6.45, 7) is 8.13. The highest BCUT2D eigenvalue weighted by molar-refractivity contribution is 7.80. The Balaban J connectivity index is 2.26. The van der Waals surface area contributed by atoms with Gasteiger partial charge in [-0.25, -0.2) is 0 Å². The molecule has 0 unspecified atom stereocenters. The van der Waals surface area contributed by atoms with E-state index in [2.05, 4.69) is 17.6 Å². The van der Waals surface area contributed by atoms with Crippen LogP contribution in [0.25, 0.3) is 6.08 Å². The zero-order valence-corrected chi connectivity index (χ0v) is 13.8. The monoisotopic (exact) mass is 311 g/mol. The molecule has 1 saturated heterocycles. The Hall–Kier alpha value is -0.485. The summed E-state index contributed by atoms with van der Waals surface area (Å²) < 4.78 is 12.1. The smallest absolute Gasteiger partial charge is 0.400 e. The van der Waals surface area contributed by atoms with E-state index in [4.69, 9.17) is 20.9 Å². The average molecular weight is 312 g/mol. The van der Waals surface area contributed by atoms with Crippen LogP contribution < -0.4 is 0 Å². The lowest BCUT2D eigenvalue weighted by molar-refractivity contribution is 0.00578. The van der Waals surface area contributed by atoms with E-state index < -0.39 is 7.12 Å². The first-order chi connectivity index (χ1) is 9.25. The van der Waals surface area contributed by atoms with E-state index in [-0.39, 0.29) is 11.2 Å². The maximum absolute atomic E-state index is 6.03. The topological polar surface area (TPSA) is 31.4 Å². The Bertz CT molecular complexity index is 518. The predicted molar refractivity (Wildman–Crippen MR) is 87.2 cm³/mol. The van der Waals surface area contributed by atoms with Crippen molar-refractivity contribution in [3.63, 3.8) is 0 Å². The summed E-state index contributed by atoms with van der Waals surface area (Å²) in [6, 6.07) is 1.85. The van der Waals surface area contributed by atoms with Crippen LogP contribution in [0.15, 0.2) is 23.9 Å². The fourth-order valence-corrected chi connectivity index (χ4v) is 2.33. The standard InChI is InChI=1S/C14H19BClNO2S/c1-13(2)14(3,4)19-15(18-13)11(9-20)5-10-6-12(16)8-17-7-10/h5-8,20H,9H2,1-4H3. The van der Waals surface area contributed by atoms with Crippen molar-refractivity contribution < 1.29 is 9.31 Å². The molecule has 3 nitrogen and oxygen atoms in total. The van der Waals surface area contributed by atoms with E-state index in [0.29, 0.717) is 10.8 Å². The van der Waals surface area contributed by atoms with Gasteiger partial charge in [-0.15, -0.1) is 0 Å². The maximum Gasteiger partial charge on any atom is 0.491 e. The molecule has 0 amide bonds. The van der Waals surface area contributed by atoms with E-state index in [9.17, 15) is 0 Å². The Labute approximate surface area is 131 Å². The molecule has 2 rings (SSSR count). The second-order valence-corrected chi connectivity index (χ2v) is 6.65. The van der Waals surface area contributed by atoms with Gasteiger partial charge in [-0.3, -0.25) is 4.98 Å².